The zero-order valence-electron chi connectivity index (χ0n) is 11.9. The van der Waals surface area contributed by atoms with Crippen LogP contribution in [0.3, 0.4) is 0 Å². The summed E-state index contributed by atoms with van der Waals surface area (Å²) < 4.78 is 0. The van der Waals surface area contributed by atoms with E-state index in [2.05, 4.69) is 29.4 Å². The van der Waals surface area contributed by atoms with Crippen molar-refractivity contribution in [3.8, 4) is 0 Å². The van der Waals surface area contributed by atoms with Crippen LogP contribution in [0, 0.1) is 5.92 Å². The zero-order chi connectivity index (χ0) is 12.7. The quantitative estimate of drug-likeness (QED) is 0.768. The van der Waals surface area contributed by atoms with Gasteiger partial charge in [-0.05, 0) is 58.8 Å². The Kier molecular flexibility index (Phi) is 9.42. The first-order valence-corrected chi connectivity index (χ1v) is 6.82. The van der Waals surface area contributed by atoms with Crippen molar-refractivity contribution < 1.29 is 4.79 Å². The fraction of sp³-hybridized carbons (Fsp3) is 0.923. The zero-order valence-corrected chi connectivity index (χ0v) is 12.7. The molecule has 1 heterocycles. The number of amides is 1. The van der Waals surface area contributed by atoms with Crippen LogP contribution in [0.4, 0.5) is 0 Å². The van der Waals surface area contributed by atoms with Gasteiger partial charge in [0.2, 0.25) is 5.91 Å². The van der Waals surface area contributed by atoms with E-state index in [1.165, 1.54) is 12.8 Å². The van der Waals surface area contributed by atoms with Gasteiger partial charge < -0.3 is 10.6 Å². The average Bonchev–Trinajstić information content (AvgIpc) is 2.31. The number of nitrogens with one attached hydrogen (secondary N) is 2. The number of rotatable bonds is 6. The molecule has 1 fully saturated rings. The third-order valence-electron chi connectivity index (χ3n) is 3.59. The first-order chi connectivity index (χ1) is 8.15. The summed E-state index contributed by atoms with van der Waals surface area (Å²) in [5.74, 6) is 0.959. The molecule has 1 saturated heterocycles. The Bertz CT molecular complexity index is 230. The van der Waals surface area contributed by atoms with Crippen LogP contribution < -0.4 is 10.6 Å². The van der Waals surface area contributed by atoms with Gasteiger partial charge in [0.1, 0.15) is 0 Å². The van der Waals surface area contributed by atoms with E-state index in [0.717, 1.165) is 32.0 Å². The van der Waals surface area contributed by atoms with E-state index in [4.69, 9.17) is 0 Å². The predicted octanol–water partition coefficient (Wildman–Crippen LogP) is 1.25. The van der Waals surface area contributed by atoms with Gasteiger partial charge in [-0.25, -0.2) is 0 Å². The number of nitrogens with zero attached hydrogens (tertiary/aromatic N) is 1. The van der Waals surface area contributed by atoms with Crippen molar-refractivity contribution in [3.63, 3.8) is 0 Å². The highest BCUT2D eigenvalue weighted by Gasteiger charge is 2.20. The monoisotopic (exact) mass is 277 g/mol. The third kappa shape index (κ3) is 6.57. The fourth-order valence-electron chi connectivity index (χ4n) is 2.26. The van der Waals surface area contributed by atoms with Gasteiger partial charge in [0.15, 0.2) is 0 Å². The molecule has 2 N–H and O–H groups in total. The van der Waals surface area contributed by atoms with Crippen molar-refractivity contribution in [3.05, 3.63) is 0 Å². The summed E-state index contributed by atoms with van der Waals surface area (Å²) in [7, 11) is 2.01. The molecule has 4 nitrogen and oxygen atoms in total. The maximum atomic E-state index is 11.7. The molecule has 0 radical (unpaired) electrons. The van der Waals surface area contributed by atoms with E-state index in [9.17, 15) is 4.79 Å². The van der Waals surface area contributed by atoms with Gasteiger partial charge in [-0.15, -0.1) is 12.4 Å². The van der Waals surface area contributed by atoms with Crippen LogP contribution in [-0.2, 0) is 4.79 Å². The summed E-state index contributed by atoms with van der Waals surface area (Å²) in [6, 6.07) is 0.296. The maximum absolute atomic E-state index is 11.7. The molecule has 1 aliphatic heterocycles. The molecule has 0 aliphatic carbocycles. The van der Waals surface area contributed by atoms with Gasteiger partial charge in [-0.1, -0.05) is 6.92 Å². The molecule has 0 saturated carbocycles. The number of carbonyl (C=O) groups is 1. The third-order valence-corrected chi connectivity index (χ3v) is 3.59. The largest absolute Gasteiger partial charge is 0.353 e. The Morgan fingerprint density at radius 1 is 1.39 bits per heavy atom. The van der Waals surface area contributed by atoms with Crippen LogP contribution in [0.2, 0.25) is 0 Å². The highest BCUT2D eigenvalue weighted by atomic mass is 35.5. The number of piperidine rings is 1. The summed E-state index contributed by atoms with van der Waals surface area (Å²) in [6.45, 7) is 7.93. The van der Waals surface area contributed by atoms with Crippen LogP contribution in [0.5, 0.6) is 0 Å². The second-order valence-electron chi connectivity index (χ2n) is 5.15. The lowest BCUT2D eigenvalue weighted by molar-refractivity contribution is -0.123. The van der Waals surface area contributed by atoms with Crippen molar-refractivity contribution in [2.75, 3.05) is 33.2 Å². The van der Waals surface area contributed by atoms with E-state index >= 15 is 0 Å². The Balaban J connectivity index is 0.00000289. The van der Waals surface area contributed by atoms with E-state index in [-0.39, 0.29) is 18.3 Å². The first-order valence-electron chi connectivity index (χ1n) is 6.82. The minimum atomic E-state index is 0. The average molecular weight is 278 g/mol. The molecule has 0 bridgehead atoms. The molecule has 0 aromatic carbocycles. The molecule has 0 aromatic rings. The Morgan fingerprint density at radius 2 is 2.00 bits per heavy atom. The van der Waals surface area contributed by atoms with Gasteiger partial charge in [0.25, 0.3) is 0 Å². The molecule has 0 aromatic heterocycles. The van der Waals surface area contributed by atoms with Gasteiger partial charge in [-0.2, -0.15) is 0 Å². The second kappa shape index (κ2) is 9.59. The number of likely N-dealkylation sites (tertiary alicyclic amines) is 1. The summed E-state index contributed by atoms with van der Waals surface area (Å²) in [4.78, 5) is 14.0. The second-order valence-corrected chi connectivity index (χ2v) is 5.15. The fourth-order valence-corrected chi connectivity index (χ4v) is 2.26. The van der Waals surface area contributed by atoms with E-state index in [1.807, 2.05) is 7.05 Å². The van der Waals surface area contributed by atoms with Crippen LogP contribution in [0.15, 0.2) is 0 Å². The topological polar surface area (TPSA) is 44.4 Å². The van der Waals surface area contributed by atoms with Crippen LogP contribution >= 0.6 is 12.4 Å². The molecular formula is C13H28ClN3O. The lowest BCUT2D eigenvalue weighted by Crippen LogP contribution is -2.44. The maximum Gasteiger partial charge on any atom is 0.234 e. The van der Waals surface area contributed by atoms with E-state index in [0.29, 0.717) is 12.6 Å². The molecule has 5 heteroatoms. The first kappa shape index (κ1) is 17.7. The van der Waals surface area contributed by atoms with Gasteiger partial charge >= 0.3 is 0 Å². The highest BCUT2D eigenvalue weighted by molar-refractivity contribution is 5.85. The molecule has 1 amide bonds. The normalized spacial score (nSPS) is 19.1. The Hall–Kier alpha value is -0.320. The van der Waals surface area contributed by atoms with Crippen molar-refractivity contribution in [2.24, 2.45) is 5.92 Å². The summed E-state index contributed by atoms with van der Waals surface area (Å²) >= 11 is 0. The van der Waals surface area contributed by atoms with Gasteiger partial charge in [0, 0.05) is 6.04 Å². The van der Waals surface area contributed by atoms with Crippen LogP contribution in [0.25, 0.3) is 0 Å². The molecule has 1 aliphatic rings. The minimum Gasteiger partial charge on any atom is -0.353 e. The number of halogens is 1. The van der Waals surface area contributed by atoms with Crippen molar-refractivity contribution in [1.29, 1.82) is 0 Å². The SMILES string of the molecule is CCC(C)NC(=O)CN1CCC(CNC)CC1.Cl. The van der Waals surface area contributed by atoms with Crippen molar-refractivity contribution in [1.82, 2.24) is 15.5 Å². The number of hydrogen-bond acceptors (Lipinski definition) is 3. The van der Waals surface area contributed by atoms with Crippen LogP contribution in [0.1, 0.15) is 33.1 Å². The lowest BCUT2D eigenvalue weighted by Gasteiger charge is -2.31. The van der Waals surface area contributed by atoms with E-state index < -0.39 is 0 Å². The van der Waals surface area contributed by atoms with Gasteiger partial charge in [-0.3, -0.25) is 9.69 Å². The highest BCUT2D eigenvalue weighted by Crippen LogP contribution is 2.15. The lowest BCUT2D eigenvalue weighted by atomic mass is 9.97. The van der Waals surface area contributed by atoms with Gasteiger partial charge in [0.05, 0.1) is 6.54 Å². The molecule has 0 spiro atoms. The summed E-state index contributed by atoms with van der Waals surface area (Å²) in [6.07, 6.45) is 3.41. The number of hydrogen-bond donors (Lipinski definition) is 2. The predicted molar refractivity (Wildman–Crippen MR) is 78.2 cm³/mol. The Morgan fingerprint density at radius 3 is 2.50 bits per heavy atom. The van der Waals surface area contributed by atoms with Crippen LogP contribution in [-0.4, -0.2) is 50.1 Å². The van der Waals surface area contributed by atoms with Crippen molar-refractivity contribution >= 4 is 18.3 Å². The molecule has 18 heavy (non-hydrogen) atoms. The number of carbonyl (C=O) groups excluding carboxylic acids is 1. The molecule has 108 valence electrons. The molecule has 1 unspecified atom stereocenters. The Labute approximate surface area is 117 Å². The smallest absolute Gasteiger partial charge is 0.234 e. The molecular weight excluding hydrogens is 250 g/mol. The van der Waals surface area contributed by atoms with E-state index in [1.54, 1.807) is 0 Å². The molecule has 1 atom stereocenters. The standard InChI is InChI=1S/C13H27N3O.ClH/c1-4-11(2)15-13(17)10-16-7-5-12(6-8-16)9-14-3;/h11-12,14H,4-10H2,1-3H3,(H,15,17);1H. The minimum absolute atomic E-state index is 0. The summed E-state index contributed by atoms with van der Waals surface area (Å²) in [5, 5.41) is 6.25. The summed E-state index contributed by atoms with van der Waals surface area (Å²) in [5.41, 5.74) is 0. The van der Waals surface area contributed by atoms with Crippen molar-refractivity contribution in [2.45, 2.75) is 39.2 Å². The molecule has 1 rings (SSSR count).